The Labute approximate surface area is 115 Å². The van der Waals surface area contributed by atoms with Gasteiger partial charge in [0.2, 0.25) is 5.91 Å². The van der Waals surface area contributed by atoms with Crippen molar-refractivity contribution in [3.8, 4) is 0 Å². The van der Waals surface area contributed by atoms with Gasteiger partial charge in [0.25, 0.3) is 0 Å². The molecule has 17 heavy (non-hydrogen) atoms. The highest BCUT2D eigenvalue weighted by molar-refractivity contribution is 7.98. The van der Waals surface area contributed by atoms with E-state index in [0.29, 0.717) is 0 Å². The van der Waals surface area contributed by atoms with Gasteiger partial charge in [-0.1, -0.05) is 12.8 Å². The lowest BCUT2D eigenvalue weighted by Crippen LogP contribution is -2.54. The second-order valence-electron chi connectivity index (χ2n) is 5.17. The summed E-state index contributed by atoms with van der Waals surface area (Å²) < 4.78 is 0. The van der Waals surface area contributed by atoms with Gasteiger partial charge in [0.05, 0.1) is 5.92 Å². The van der Waals surface area contributed by atoms with Crippen molar-refractivity contribution in [2.75, 3.05) is 12.0 Å². The third kappa shape index (κ3) is 5.06. The van der Waals surface area contributed by atoms with E-state index >= 15 is 0 Å². The second kappa shape index (κ2) is 7.49. The van der Waals surface area contributed by atoms with Gasteiger partial charge in [-0.25, -0.2) is 0 Å². The molecule has 1 aliphatic rings. The maximum Gasteiger partial charge on any atom is 0.225 e. The van der Waals surface area contributed by atoms with E-state index in [4.69, 9.17) is 5.73 Å². The Morgan fingerprint density at radius 1 is 1.59 bits per heavy atom. The van der Waals surface area contributed by atoms with Gasteiger partial charge in [-0.2, -0.15) is 11.8 Å². The van der Waals surface area contributed by atoms with Gasteiger partial charge in [0.15, 0.2) is 0 Å². The Kier molecular flexibility index (Phi) is 7.52. The van der Waals surface area contributed by atoms with Crippen molar-refractivity contribution in [1.29, 1.82) is 0 Å². The number of hydrogen-bond acceptors (Lipinski definition) is 3. The molecule has 0 saturated heterocycles. The summed E-state index contributed by atoms with van der Waals surface area (Å²) >= 11 is 1.75. The van der Waals surface area contributed by atoms with Crippen LogP contribution < -0.4 is 11.1 Å². The average molecular weight is 281 g/mol. The topological polar surface area (TPSA) is 55.1 Å². The number of nitrogens with one attached hydrogen (secondary N) is 1. The molecule has 1 rings (SSSR count). The highest BCUT2D eigenvalue weighted by Crippen LogP contribution is 2.31. The number of nitrogens with two attached hydrogens (primary N) is 1. The molecule has 3 atom stereocenters. The molecule has 5 heteroatoms. The van der Waals surface area contributed by atoms with Crippen LogP contribution in [0.4, 0.5) is 0 Å². The zero-order valence-electron chi connectivity index (χ0n) is 11.0. The predicted molar refractivity (Wildman–Crippen MR) is 77.8 cm³/mol. The largest absolute Gasteiger partial charge is 0.353 e. The van der Waals surface area contributed by atoms with Crippen LogP contribution in [0.25, 0.3) is 0 Å². The summed E-state index contributed by atoms with van der Waals surface area (Å²) in [6, 6.07) is 0.236. The van der Waals surface area contributed by atoms with Crippen LogP contribution in [0.5, 0.6) is 0 Å². The van der Waals surface area contributed by atoms with E-state index in [9.17, 15) is 4.79 Å². The fourth-order valence-electron chi connectivity index (χ4n) is 2.42. The average Bonchev–Trinajstić information content (AvgIpc) is 2.16. The van der Waals surface area contributed by atoms with Crippen molar-refractivity contribution in [1.82, 2.24) is 5.32 Å². The summed E-state index contributed by atoms with van der Waals surface area (Å²) in [5.74, 6) is 1.09. The molecular weight excluding hydrogens is 256 g/mol. The first-order valence-corrected chi connectivity index (χ1v) is 7.45. The maximum absolute atomic E-state index is 12.1. The quantitative estimate of drug-likeness (QED) is 0.830. The van der Waals surface area contributed by atoms with Crippen LogP contribution in [0, 0.1) is 5.92 Å². The molecule has 0 spiro atoms. The van der Waals surface area contributed by atoms with Crippen molar-refractivity contribution in [2.24, 2.45) is 11.7 Å². The van der Waals surface area contributed by atoms with E-state index in [2.05, 4.69) is 11.6 Å². The molecule has 1 saturated carbocycles. The van der Waals surface area contributed by atoms with E-state index in [0.717, 1.165) is 31.4 Å². The van der Waals surface area contributed by atoms with Gasteiger partial charge < -0.3 is 11.1 Å². The number of carbonyl (C=O) groups excluding carboxylic acids is 1. The predicted octanol–water partition coefficient (Wildman–Crippen LogP) is 2.18. The Hall–Kier alpha value is 0.0700. The lowest BCUT2D eigenvalue weighted by atomic mass is 9.74. The van der Waals surface area contributed by atoms with Crippen LogP contribution in [-0.2, 0) is 4.79 Å². The van der Waals surface area contributed by atoms with Crippen molar-refractivity contribution < 1.29 is 4.79 Å². The number of carbonyl (C=O) groups is 1. The van der Waals surface area contributed by atoms with Gasteiger partial charge in [0, 0.05) is 17.3 Å². The summed E-state index contributed by atoms with van der Waals surface area (Å²) in [4.78, 5) is 12.1. The van der Waals surface area contributed by atoms with Crippen molar-refractivity contribution in [3.63, 3.8) is 0 Å². The van der Waals surface area contributed by atoms with E-state index in [-0.39, 0.29) is 35.8 Å². The number of amides is 1. The Morgan fingerprint density at radius 2 is 2.24 bits per heavy atom. The Morgan fingerprint density at radius 3 is 2.76 bits per heavy atom. The van der Waals surface area contributed by atoms with Gasteiger partial charge in [-0.15, -0.1) is 12.4 Å². The molecule has 102 valence electrons. The SMILES string of the molecule is CSCC(C)NC(=O)C1CCCCC1(C)N.Cl. The normalized spacial score (nSPS) is 30.2. The van der Waals surface area contributed by atoms with E-state index in [1.54, 1.807) is 11.8 Å². The number of halogens is 1. The second-order valence-corrected chi connectivity index (χ2v) is 6.08. The fourth-order valence-corrected chi connectivity index (χ4v) is 3.01. The van der Waals surface area contributed by atoms with E-state index in [1.807, 2.05) is 13.8 Å². The minimum atomic E-state index is -0.318. The molecule has 0 radical (unpaired) electrons. The van der Waals surface area contributed by atoms with Crippen LogP contribution in [0.2, 0.25) is 0 Å². The molecule has 0 aromatic rings. The molecule has 1 amide bonds. The molecule has 0 bridgehead atoms. The van der Waals surface area contributed by atoms with Crippen molar-refractivity contribution in [2.45, 2.75) is 51.1 Å². The fraction of sp³-hybridized carbons (Fsp3) is 0.917. The molecule has 0 aliphatic heterocycles. The Bertz CT molecular complexity index is 249. The molecule has 0 heterocycles. The zero-order chi connectivity index (χ0) is 12.2. The monoisotopic (exact) mass is 280 g/mol. The molecular formula is C12H25ClN2OS. The summed E-state index contributed by atoms with van der Waals surface area (Å²) in [6.07, 6.45) is 6.22. The molecule has 0 aromatic carbocycles. The third-order valence-electron chi connectivity index (χ3n) is 3.38. The van der Waals surface area contributed by atoms with Gasteiger partial charge in [-0.05, 0) is 32.9 Å². The summed E-state index contributed by atoms with van der Waals surface area (Å²) in [5.41, 5.74) is 5.89. The molecule has 3 nitrogen and oxygen atoms in total. The van der Waals surface area contributed by atoms with Gasteiger partial charge in [-0.3, -0.25) is 4.79 Å². The van der Waals surface area contributed by atoms with Crippen LogP contribution in [0.3, 0.4) is 0 Å². The standard InChI is InChI=1S/C12H24N2OS.ClH/c1-9(8-16-3)14-11(15)10-6-4-5-7-12(10,2)13;/h9-10H,4-8,13H2,1-3H3,(H,14,15);1H. The highest BCUT2D eigenvalue weighted by atomic mass is 35.5. The summed E-state index contributed by atoms with van der Waals surface area (Å²) in [7, 11) is 0. The smallest absolute Gasteiger partial charge is 0.225 e. The van der Waals surface area contributed by atoms with Crippen LogP contribution in [-0.4, -0.2) is 29.5 Å². The summed E-state index contributed by atoms with van der Waals surface area (Å²) in [5, 5.41) is 3.07. The molecule has 1 aliphatic carbocycles. The van der Waals surface area contributed by atoms with E-state index in [1.165, 1.54) is 0 Å². The number of hydrogen-bond donors (Lipinski definition) is 2. The third-order valence-corrected chi connectivity index (χ3v) is 4.21. The molecule has 3 N–H and O–H groups in total. The minimum absolute atomic E-state index is 0. The first kappa shape index (κ1) is 17.1. The summed E-state index contributed by atoms with van der Waals surface area (Å²) in [6.45, 7) is 4.06. The van der Waals surface area contributed by atoms with Gasteiger partial charge in [0.1, 0.15) is 0 Å². The highest BCUT2D eigenvalue weighted by Gasteiger charge is 2.37. The van der Waals surface area contributed by atoms with Crippen molar-refractivity contribution >= 4 is 30.1 Å². The minimum Gasteiger partial charge on any atom is -0.353 e. The van der Waals surface area contributed by atoms with Crippen LogP contribution >= 0.6 is 24.2 Å². The van der Waals surface area contributed by atoms with Crippen LogP contribution in [0.15, 0.2) is 0 Å². The molecule has 0 aromatic heterocycles. The zero-order valence-corrected chi connectivity index (χ0v) is 12.6. The Balaban J connectivity index is 0.00000256. The maximum atomic E-state index is 12.1. The number of rotatable bonds is 4. The molecule has 3 unspecified atom stereocenters. The molecule has 1 fully saturated rings. The first-order chi connectivity index (χ1) is 7.47. The lowest BCUT2D eigenvalue weighted by molar-refractivity contribution is -0.128. The number of thioether (sulfide) groups is 1. The van der Waals surface area contributed by atoms with E-state index < -0.39 is 0 Å². The van der Waals surface area contributed by atoms with Crippen LogP contribution in [0.1, 0.15) is 39.5 Å². The lowest BCUT2D eigenvalue weighted by Gasteiger charge is -2.37. The van der Waals surface area contributed by atoms with Gasteiger partial charge >= 0.3 is 0 Å². The van der Waals surface area contributed by atoms with Crippen molar-refractivity contribution in [3.05, 3.63) is 0 Å². The first-order valence-electron chi connectivity index (χ1n) is 6.05.